The minimum absolute atomic E-state index is 0. The van der Waals surface area contributed by atoms with E-state index in [1.807, 2.05) is 24.4 Å². The van der Waals surface area contributed by atoms with Gasteiger partial charge in [-0.1, -0.05) is 61.9 Å². The summed E-state index contributed by atoms with van der Waals surface area (Å²) in [5.74, 6) is -0.851. The second-order valence-electron chi connectivity index (χ2n) is 6.09. The molecule has 0 saturated heterocycles. The summed E-state index contributed by atoms with van der Waals surface area (Å²) in [4.78, 5) is 8.89. The van der Waals surface area contributed by atoms with E-state index in [0.717, 1.165) is 29.8 Å². The molecule has 0 fully saturated rings. The number of aryl methyl sites for hydroxylation is 3. The third kappa shape index (κ3) is 6.82. The second-order valence-corrected chi connectivity index (χ2v) is 6.09. The largest absolute Gasteiger partial charge is 2.00 e. The van der Waals surface area contributed by atoms with Gasteiger partial charge >= 0.3 is 16.5 Å². The Morgan fingerprint density at radius 2 is 1.57 bits per heavy atom. The van der Waals surface area contributed by atoms with Crippen molar-refractivity contribution in [3.05, 3.63) is 83.2 Å². The van der Waals surface area contributed by atoms with Crippen LogP contribution in [0.4, 0.5) is 5.69 Å². The topological polar surface area (TPSA) is 71.4 Å². The zero-order valence-electron chi connectivity index (χ0n) is 16.3. The van der Waals surface area contributed by atoms with E-state index < -0.39 is 11.5 Å². The molecule has 28 heavy (non-hydrogen) atoms. The molecule has 0 amide bonds. The van der Waals surface area contributed by atoms with E-state index in [1.54, 1.807) is 19.2 Å². The van der Waals surface area contributed by atoms with E-state index in [4.69, 9.17) is 0 Å². The van der Waals surface area contributed by atoms with Gasteiger partial charge in [0.2, 0.25) is 0 Å². The summed E-state index contributed by atoms with van der Waals surface area (Å²) >= 11 is 0. The third-order valence-electron chi connectivity index (χ3n) is 4.08. The molecule has 0 atom stereocenters. The Labute approximate surface area is 176 Å². The Hall–Kier alpha value is -2.65. The maximum Gasteiger partial charge on any atom is 2.00 e. The predicted molar refractivity (Wildman–Crippen MR) is 107 cm³/mol. The van der Waals surface area contributed by atoms with Crippen LogP contribution in [0, 0.1) is 6.92 Å². The van der Waals surface area contributed by atoms with Crippen molar-refractivity contribution in [2.75, 3.05) is 0 Å². The molecule has 0 spiro atoms. The predicted octanol–water partition coefficient (Wildman–Crippen LogP) is 4.10. The number of nitrogens with zero attached hydrogens (tertiary/aromatic N) is 2. The average Bonchev–Trinajstić information content (AvgIpc) is 2.70. The van der Waals surface area contributed by atoms with Gasteiger partial charge in [0.25, 0.3) is 0 Å². The van der Waals surface area contributed by atoms with E-state index in [-0.39, 0.29) is 16.5 Å². The molecule has 3 aromatic rings. The normalized spacial score (nSPS) is 10.1. The van der Waals surface area contributed by atoms with Crippen LogP contribution in [0.2, 0.25) is 0 Å². The third-order valence-corrected chi connectivity index (χ3v) is 4.08. The molecule has 0 N–H and O–H groups in total. The maximum absolute atomic E-state index is 10.5. The summed E-state index contributed by atoms with van der Waals surface area (Å²) in [6.07, 6.45) is 5.63. The molecule has 148 valence electrons. The van der Waals surface area contributed by atoms with Crippen LogP contribution < -0.4 is 10.2 Å². The first-order valence-electron chi connectivity index (χ1n) is 9.05. The van der Waals surface area contributed by atoms with E-state index in [0.29, 0.717) is 0 Å². The van der Waals surface area contributed by atoms with Crippen molar-refractivity contribution in [3.63, 3.8) is 0 Å². The van der Waals surface area contributed by atoms with Gasteiger partial charge < -0.3 is 10.2 Å². The van der Waals surface area contributed by atoms with Gasteiger partial charge in [-0.25, -0.2) is 0 Å². The fourth-order valence-corrected chi connectivity index (χ4v) is 2.58. The summed E-state index contributed by atoms with van der Waals surface area (Å²) in [6, 6.07) is 16.5. The second kappa shape index (κ2) is 11.9. The van der Waals surface area contributed by atoms with Crippen LogP contribution in [0.15, 0.2) is 65.8 Å². The fraction of sp³-hybridized carbons (Fsp3) is 0.217. The SMILES string of the molecule is CCc1cccc(CC)c1N=Cc1ccccn1.Cc1ccc([O-])c([O-])c1.[Ni+2]. The van der Waals surface area contributed by atoms with Crippen molar-refractivity contribution in [2.24, 2.45) is 4.99 Å². The van der Waals surface area contributed by atoms with Gasteiger partial charge in [-0.2, -0.15) is 0 Å². The summed E-state index contributed by atoms with van der Waals surface area (Å²) < 4.78 is 0. The van der Waals surface area contributed by atoms with E-state index in [1.165, 1.54) is 23.3 Å². The quantitative estimate of drug-likeness (QED) is 0.473. The van der Waals surface area contributed by atoms with Crippen LogP contribution in [0.1, 0.15) is 36.2 Å². The van der Waals surface area contributed by atoms with Crippen LogP contribution >= 0.6 is 0 Å². The van der Waals surface area contributed by atoms with Gasteiger partial charge in [-0.05, 0) is 43.0 Å². The number of para-hydroxylation sites is 1. The minimum atomic E-state index is -0.430. The van der Waals surface area contributed by atoms with Gasteiger partial charge in [0.05, 0.1) is 17.6 Å². The van der Waals surface area contributed by atoms with E-state index in [9.17, 15) is 10.2 Å². The molecule has 0 saturated carbocycles. The Balaban J connectivity index is 0.000000332. The Morgan fingerprint density at radius 3 is 2.07 bits per heavy atom. The van der Waals surface area contributed by atoms with Crippen molar-refractivity contribution in [3.8, 4) is 11.5 Å². The standard InChI is InChI=1S/C16H18N2.C7H8O2.Ni/c1-3-13-8-7-9-14(4-2)16(13)18-12-15-10-5-6-11-17-15;1-5-2-3-6(8)7(9)4-5;/h5-12H,3-4H2,1-2H3;2-4,8-9H,1H3;/q;;+2/p-2. The summed E-state index contributed by atoms with van der Waals surface area (Å²) in [6.45, 7) is 6.10. The summed E-state index contributed by atoms with van der Waals surface area (Å²) in [5, 5.41) is 21.0. The zero-order valence-corrected chi connectivity index (χ0v) is 17.3. The van der Waals surface area contributed by atoms with E-state index >= 15 is 0 Å². The van der Waals surface area contributed by atoms with Crippen molar-refractivity contribution in [2.45, 2.75) is 33.6 Å². The molecule has 1 heterocycles. The number of hydrogen-bond acceptors (Lipinski definition) is 4. The number of pyridine rings is 1. The maximum atomic E-state index is 10.5. The Bertz CT molecular complexity index is 874. The van der Waals surface area contributed by atoms with E-state index in [2.05, 4.69) is 42.0 Å². The van der Waals surface area contributed by atoms with Gasteiger partial charge in [-0.3, -0.25) is 9.98 Å². The molecule has 0 unspecified atom stereocenters. The van der Waals surface area contributed by atoms with Crippen molar-refractivity contribution in [1.82, 2.24) is 4.98 Å². The molecular formula is C23H24N2NiO2. The number of rotatable bonds is 4. The Kier molecular flexibility index (Phi) is 9.97. The molecule has 0 aliphatic rings. The number of hydrogen-bond donors (Lipinski definition) is 0. The van der Waals surface area contributed by atoms with Crippen molar-refractivity contribution in [1.29, 1.82) is 0 Å². The molecule has 5 heteroatoms. The van der Waals surface area contributed by atoms with Crippen LogP contribution in [0.25, 0.3) is 0 Å². The Morgan fingerprint density at radius 1 is 0.893 bits per heavy atom. The molecule has 0 aliphatic heterocycles. The van der Waals surface area contributed by atoms with Crippen LogP contribution in [0.3, 0.4) is 0 Å². The van der Waals surface area contributed by atoms with Crippen LogP contribution in [0.5, 0.6) is 11.5 Å². The fourth-order valence-electron chi connectivity index (χ4n) is 2.58. The molecule has 3 rings (SSSR count). The van der Waals surface area contributed by atoms with Crippen LogP contribution in [-0.4, -0.2) is 11.2 Å². The van der Waals surface area contributed by atoms with Gasteiger partial charge in [-0.15, -0.1) is 11.5 Å². The zero-order chi connectivity index (χ0) is 19.6. The average molecular weight is 419 g/mol. The summed E-state index contributed by atoms with van der Waals surface area (Å²) in [5.41, 5.74) is 5.42. The molecule has 4 nitrogen and oxygen atoms in total. The molecule has 0 radical (unpaired) electrons. The van der Waals surface area contributed by atoms with Crippen LogP contribution in [-0.2, 0) is 29.3 Å². The first kappa shape index (κ1) is 23.4. The first-order chi connectivity index (χ1) is 13.0. The molecule has 1 aromatic heterocycles. The number of aromatic nitrogens is 1. The smallest absolute Gasteiger partial charge is 0.873 e. The number of aliphatic imine (C=N–C) groups is 1. The monoisotopic (exact) mass is 418 g/mol. The van der Waals surface area contributed by atoms with Gasteiger partial charge in [0, 0.05) is 6.20 Å². The van der Waals surface area contributed by atoms with Gasteiger partial charge in [0.1, 0.15) is 0 Å². The molecule has 0 bridgehead atoms. The summed E-state index contributed by atoms with van der Waals surface area (Å²) in [7, 11) is 0. The minimum Gasteiger partial charge on any atom is -0.873 e. The van der Waals surface area contributed by atoms with Gasteiger partial charge in [0.15, 0.2) is 0 Å². The molecular weight excluding hydrogens is 395 g/mol. The molecule has 0 aliphatic carbocycles. The van der Waals surface area contributed by atoms with Crippen molar-refractivity contribution < 1.29 is 26.7 Å². The van der Waals surface area contributed by atoms with Crippen molar-refractivity contribution >= 4 is 11.9 Å². The molecule has 2 aromatic carbocycles. The first-order valence-corrected chi connectivity index (χ1v) is 9.05. The number of benzene rings is 2.